The highest BCUT2D eigenvalue weighted by Crippen LogP contribution is 2.53. The zero-order valence-corrected chi connectivity index (χ0v) is 26.8. The number of fused-ring (bicyclic) bond motifs is 7. The van der Waals surface area contributed by atoms with Crippen LogP contribution < -0.4 is 0 Å². The van der Waals surface area contributed by atoms with E-state index in [-0.39, 0.29) is 5.41 Å². The van der Waals surface area contributed by atoms with Gasteiger partial charge in [-0.05, 0) is 129 Å². The van der Waals surface area contributed by atoms with Crippen molar-refractivity contribution in [2.45, 2.75) is 32.1 Å². The molecule has 1 aliphatic carbocycles. The maximum Gasteiger partial charge on any atom is 0.0210 e. The first kappa shape index (κ1) is 26.7. The van der Waals surface area contributed by atoms with Gasteiger partial charge in [-0.2, -0.15) is 0 Å². The Morgan fingerprint density at radius 1 is 0.362 bits per heavy atom. The summed E-state index contributed by atoms with van der Waals surface area (Å²) in [5.41, 5.74) is 11.0. The van der Waals surface area contributed by atoms with E-state index in [0.29, 0.717) is 0 Å². The van der Waals surface area contributed by atoms with Crippen LogP contribution in [0.5, 0.6) is 0 Å². The molecule has 0 unspecified atom stereocenters. The van der Waals surface area contributed by atoms with Gasteiger partial charge in [0.1, 0.15) is 0 Å². The minimum atomic E-state index is 0.0840. The second-order valence-electron chi connectivity index (χ2n) is 13.5. The van der Waals surface area contributed by atoms with Crippen LogP contribution in [-0.2, 0) is 5.41 Å². The van der Waals surface area contributed by atoms with E-state index in [2.05, 4.69) is 159 Å². The van der Waals surface area contributed by atoms with Gasteiger partial charge >= 0.3 is 0 Å². The van der Waals surface area contributed by atoms with Gasteiger partial charge in [-0.1, -0.05) is 141 Å². The zero-order chi connectivity index (χ0) is 31.3. The molecule has 0 aliphatic heterocycles. The molecule has 0 amide bonds. The number of benzene rings is 9. The molecule has 0 fully saturated rings. The molecule has 0 nitrogen and oxygen atoms in total. The third-order valence-corrected chi connectivity index (χ3v) is 11.5. The molecule has 0 atom stereocenters. The van der Waals surface area contributed by atoms with Crippen molar-refractivity contribution in [3.63, 3.8) is 0 Å². The molecule has 0 bridgehead atoms. The average molecular weight is 599 g/mol. The molecule has 0 heterocycles. The predicted molar refractivity (Wildman–Crippen MR) is 203 cm³/mol. The Balaban J connectivity index is 1.10. The van der Waals surface area contributed by atoms with Crippen molar-refractivity contribution in [1.82, 2.24) is 0 Å². The summed E-state index contributed by atoms with van der Waals surface area (Å²) >= 11 is 0. The highest BCUT2D eigenvalue weighted by atomic mass is 14.4. The van der Waals surface area contributed by atoms with E-state index in [0.717, 1.165) is 12.8 Å². The molecular weight excluding hydrogens is 565 g/mol. The van der Waals surface area contributed by atoms with E-state index >= 15 is 0 Å². The number of hydrogen-bond acceptors (Lipinski definition) is 0. The van der Waals surface area contributed by atoms with Crippen molar-refractivity contribution in [2.75, 3.05) is 0 Å². The van der Waals surface area contributed by atoms with Crippen molar-refractivity contribution >= 4 is 53.9 Å². The van der Waals surface area contributed by atoms with E-state index in [1.807, 2.05) is 0 Å². The lowest BCUT2D eigenvalue weighted by molar-refractivity contribution is 0.490. The fraction of sp³-hybridized carbons (Fsp3) is 0.106. The van der Waals surface area contributed by atoms with Crippen LogP contribution in [0.15, 0.2) is 146 Å². The fourth-order valence-electron chi connectivity index (χ4n) is 9.12. The average Bonchev–Trinajstić information content (AvgIpc) is 3.43. The molecular formula is C47H34. The molecule has 0 spiro atoms. The van der Waals surface area contributed by atoms with E-state index in [4.69, 9.17) is 0 Å². The van der Waals surface area contributed by atoms with Crippen LogP contribution in [0.2, 0.25) is 0 Å². The molecule has 0 saturated carbocycles. The molecule has 9 aromatic rings. The van der Waals surface area contributed by atoms with E-state index in [1.165, 1.54) is 98.4 Å². The first-order valence-electron chi connectivity index (χ1n) is 17.1. The second-order valence-corrected chi connectivity index (χ2v) is 13.5. The van der Waals surface area contributed by atoms with Crippen molar-refractivity contribution in [3.05, 3.63) is 157 Å². The Hall–Kier alpha value is -5.46. The minimum Gasteiger partial charge on any atom is -0.0642 e. The smallest absolute Gasteiger partial charge is 0.0210 e. The monoisotopic (exact) mass is 598 g/mol. The van der Waals surface area contributed by atoms with Gasteiger partial charge in [0.25, 0.3) is 0 Å². The third-order valence-electron chi connectivity index (χ3n) is 11.5. The molecule has 0 heteroatoms. The van der Waals surface area contributed by atoms with Crippen LogP contribution in [0, 0.1) is 0 Å². The predicted octanol–water partition coefficient (Wildman–Crippen LogP) is 13.3. The topological polar surface area (TPSA) is 0 Å². The van der Waals surface area contributed by atoms with Crippen LogP contribution in [0.25, 0.3) is 87.2 Å². The molecule has 47 heavy (non-hydrogen) atoms. The largest absolute Gasteiger partial charge is 0.0642 e. The maximum atomic E-state index is 2.48. The molecule has 10 rings (SSSR count). The Morgan fingerprint density at radius 2 is 0.936 bits per heavy atom. The third kappa shape index (κ3) is 3.59. The Morgan fingerprint density at radius 3 is 1.74 bits per heavy atom. The molecule has 9 aromatic carbocycles. The van der Waals surface area contributed by atoms with E-state index < -0.39 is 0 Å². The van der Waals surface area contributed by atoms with Crippen LogP contribution >= 0.6 is 0 Å². The van der Waals surface area contributed by atoms with Gasteiger partial charge in [0.05, 0.1) is 0 Å². The Kier molecular flexibility index (Phi) is 5.56. The van der Waals surface area contributed by atoms with Crippen molar-refractivity contribution < 1.29 is 0 Å². The molecule has 0 saturated heterocycles. The molecule has 1 aliphatic rings. The fourth-order valence-corrected chi connectivity index (χ4v) is 9.12. The highest BCUT2D eigenvalue weighted by molar-refractivity contribution is 6.35. The van der Waals surface area contributed by atoms with Crippen molar-refractivity contribution in [1.29, 1.82) is 0 Å². The molecule has 222 valence electrons. The summed E-state index contributed by atoms with van der Waals surface area (Å²) in [6.45, 7) is 4.69. The quantitative estimate of drug-likeness (QED) is 0.140. The molecule has 0 N–H and O–H groups in total. The maximum absolute atomic E-state index is 2.48. The SMILES string of the molecule is CCC1(CC)c2ccccc2-c2ccc(-c3ccc4cc(-c5ccc6c7ccccc7c7cccc8ccc5c6c87)ccc4c3)cc21. The van der Waals surface area contributed by atoms with Crippen LogP contribution in [0.4, 0.5) is 0 Å². The summed E-state index contributed by atoms with van der Waals surface area (Å²) < 4.78 is 0. The summed E-state index contributed by atoms with van der Waals surface area (Å²) in [4.78, 5) is 0. The van der Waals surface area contributed by atoms with Crippen LogP contribution in [-0.4, -0.2) is 0 Å². The van der Waals surface area contributed by atoms with Gasteiger partial charge in [-0.15, -0.1) is 0 Å². The Labute approximate surface area is 275 Å². The standard InChI is InChI=1S/C47H34/c1-3-47(4-2)43-15-8-7-13-38(43)39-22-21-33(28-44(39)47)31-16-17-32-27-34(19-18-30(32)26-31)35-24-25-42-37-12-6-5-11-36(37)40-14-9-10-29-20-23-41(35)46(42)45(29)40/h5-28H,3-4H2,1-2H3. The zero-order valence-electron chi connectivity index (χ0n) is 26.8. The van der Waals surface area contributed by atoms with Gasteiger partial charge in [-0.3, -0.25) is 0 Å². The van der Waals surface area contributed by atoms with E-state index in [9.17, 15) is 0 Å². The van der Waals surface area contributed by atoms with Gasteiger partial charge in [0, 0.05) is 5.41 Å². The lowest BCUT2D eigenvalue weighted by Crippen LogP contribution is -2.23. The minimum absolute atomic E-state index is 0.0840. The van der Waals surface area contributed by atoms with Crippen LogP contribution in [0.1, 0.15) is 37.8 Å². The van der Waals surface area contributed by atoms with Crippen molar-refractivity contribution in [3.8, 4) is 33.4 Å². The van der Waals surface area contributed by atoms with Gasteiger partial charge in [0.2, 0.25) is 0 Å². The van der Waals surface area contributed by atoms with Gasteiger partial charge in [-0.25, -0.2) is 0 Å². The Bertz CT molecular complexity index is 2700. The summed E-state index contributed by atoms with van der Waals surface area (Å²) in [6, 6.07) is 55.1. The highest BCUT2D eigenvalue weighted by Gasteiger charge is 2.40. The first-order chi connectivity index (χ1) is 23.2. The lowest BCUT2D eigenvalue weighted by Gasteiger charge is -2.30. The normalized spacial score (nSPS) is 13.7. The van der Waals surface area contributed by atoms with Crippen LogP contribution in [0.3, 0.4) is 0 Å². The summed E-state index contributed by atoms with van der Waals surface area (Å²) in [5, 5.41) is 13.2. The van der Waals surface area contributed by atoms with Gasteiger partial charge in [0.15, 0.2) is 0 Å². The molecule has 0 radical (unpaired) electrons. The first-order valence-corrected chi connectivity index (χ1v) is 17.1. The van der Waals surface area contributed by atoms with Crippen molar-refractivity contribution in [2.24, 2.45) is 0 Å². The second kappa shape index (κ2) is 9.77. The lowest BCUT2D eigenvalue weighted by atomic mass is 9.73. The summed E-state index contributed by atoms with van der Waals surface area (Å²) in [5.74, 6) is 0. The molecule has 0 aromatic heterocycles. The summed E-state index contributed by atoms with van der Waals surface area (Å²) in [7, 11) is 0. The van der Waals surface area contributed by atoms with Gasteiger partial charge < -0.3 is 0 Å². The summed E-state index contributed by atoms with van der Waals surface area (Å²) in [6.07, 6.45) is 2.22. The van der Waals surface area contributed by atoms with E-state index in [1.54, 1.807) is 0 Å². The number of hydrogen-bond donors (Lipinski definition) is 0. The number of rotatable bonds is 4.